The summed E-state index contributed by atoms with van der Waals surface area (Å²) >= 11 is 1.63. The largest absolute Gasteiger partial charge is 0.369 e. The van der Waals surface area contributed by atoms with Crippen molar-refractivity contribution >= 4 is 23.0 Å². The van der Waals surface area contributed by atoms with Crippen LogP contribution in [0.4, 0.5) is 0 Å². The number of rotatable bonds is 3. The van der Waals surface area contributed by atoms with Crippen molar-refractivity contribution in [3.05, 3.63) is 22.4 Å². The minimum absolute atomic E-state index is 0.0142. The second-order valence-corrected chi connectivity index (χ2v) is 4.09. The maximum Gasteiger partial charge on any atom is 0.211 e. The number of hydrogen-bond donors (Lipinski definition) is 2. The summed E-state index contributed by atoms with van der Waals surface area (Å²) in [7, 11) is 0. The van der Waals surface area contributed by atoms with Crippen LogP contribution < -0.4 is 11.5 Å². The molecule has 0 aliphatic heterocycles. The fourth-order valence-electron chi connectivity index (χ4n) is 0.985. The molecule has 0 saturated carbocycles. The van der Waals surface area contributed by atoms with Crippen LogP contribution in [0.15, 0.2) is 27.7 Å². The van der Waals surface area contributed by atoms with Crippen molar-refractivity contribution in [2.75, 3.05) is 0 Å². The lowest BCUT2D eigenvalue weighted by atomic mass is 10.1. The highest BCUT2D eigenvalue weighted by atomic mass is 32.1. The van der Waals surface area contributed by atoms with Crippen molar-refractivity contribution in [3.8, 4) is 0 Å². The van der Waals surface area contributed by atoms with Gasteiger partial charge in [0.1, 0.15) is 0 Å². The standard InChI is InChI=1S/C9H14N4S/c1-6(2)8(12-13-9(10)11)7-4-3-5-14-7/h3-6H,1-2H3,(H4,10,11,13). The maximum atomic E-state index is 5.22. The average molecular weight is 210 g/mol. The van der Waals surface area contributed by atoms with Crippen LogP contribution >= 0.6 is 11.3 Å². The van der Waals surface area contributed by atoms with E-state index < -0.39 is 0 Å². The van der Waals surface area contributed by atoms with Crippen LogP contribution in [0.5, 0.6) is 0 Å². The van der Waals surface area contributed by atoms with E-state index in [9.17, 15) is 0 Å². The third-order valence-corrected chi connectivity index (χ3v) is 2.49. The van der Waals surface area contributed by atoms with Gasteiger partial charge in [-0.15, -0.1) is 16.4 Å². The Hall–Kier alpha value is -1.36. The van der Waals surface area contributed by atoms with Gasteiger partial charge in [-0.05, 0) is 17.4 Å². The summed E-state index contributed by atoms with van der Waals surface area (Å²) in [5.41, 5.74) is 11.3. The minimum Gasteiger partial charge on any atom is -0.369 e. The molecule has 0 radical (unpaired) electrons. The molecule has 1 heterocycles. The van der Waals surface area contributed by atoms with Crippen LogP contribution in [0, 0.1) is 5.92 Å². The quantitative estimate of drug-likeness (QED) is 0.449. The Labute approximate surface area is 87.3 Å². The molecule has 4 N–H and O–H groups in total. The Morgan fingerprint density at radius 1 is 1.36 bits per heavy atom. The van der Waals surface area contributed by atoms with Gasteiger partial charge in [-0.25, -0.2) is 0 Å². The third kappa shape index (κ3) is 2.85. The van der Waals surface area contributed by atoms with Gasteiger partial charge in [-0.3, -0.25) is 0 Å². The number of thiophene rings is 1. The second kappa shape index (κ2) is 4.76. The van der Waals surface area contributed by atoms with E-state index in [-0.39, 0.29) is 5.96 Å². The molecule has 0 aliphatic carbocycles. The van der Waals surface area contributed by atoms with Crippen LogP contribution in [-0.4, -0.2) is 11.7 Å². The molecule has 4 nitrogen and oxygen atoms in total. The summed E-state index contributed by atoms with van der Waals surface area (Å²) in [5.74, 6) is 0.288. The van der Waals surface area contributed by atoms with Gasteiger partial charge < -0.3 is 11.5 Å². The van der Waals surface area contributed by atoms with Crippen molar-refractivity contribution < 1.29 is 0 Å². The highest BCUT2D eigenvalue weighted by molar-refractivity contribution is 7.12. The van der Waals surface area contributed by atoms with Crippen LogP contribution in [0.25, 0.3) is 0 Å². The van der Waals surface area contributed by atoms with E-state index in [1.807, 2.05) is 17.5 Å². The first-order chi connectivity index (χ1) is 6.61. The van der Waals surface area contributed by atoms with Gasteiger partial charge in [0.15, 0.2) is 0 Å². The molecule has 0 bridgehead atoms. The normalized spacial score (nSPS) is 11.8. The zero-order valence-corrected chi connectivity index (χ0v) is 9.08. The van der Waals surface area contributed by atoms with Crippen molar-refractivity contribution in [1.29, 1.82) is 0 Å². The zero-order chi connectivity index (χ0) is 10.6. The first kappa shape index (κ1) is 10.7. The summed E-state index contributed by atoms with van der Waals surface area (Å²) in [5, 5.41) is 9.70. The van der Waals surface area contributed by atoms with Crippen LogP contribution in [-0.2, 0) is 0 Å². The highest BCUT2D eigenvalue weighted by Crippen LogP contribution is 2.15. The highest BCUT2D eigenvalue weighted by Gasteiger charge is 2.09. The van der Waals surface area contributed by atoms with E-state index in [1.165, 1.54) is 0 Å². The summed E-state index contributed by atoms with van der Waals surface area (Å²) in [6, 6.07) is 3.99. The molecular weight excluding hydrogens is 196 g/mol. The molecular formula is C9H14N4S. The van der Waals surface area contributed by atoms with Gasteiger partial charge in [-0.2, -0.15) is 5.10 Å². The fraction of sp³-hybridized carbons (Fsp3) is 0.333. The third-order valence-electron chi connectivity index (χ3n) is 1.59. The lowest BCUT2D eigenvalue weighted by Crippen LogP contribution is -2.22. The molecule has 76 valence electrons. The molecule has 0 fully saturated rings. The van der Waals surface area contributed by atoms with Gasteiger partial charge in [0.25, 0.3) is 0 Å². The smallest absolute Gasteiger partial charge is 0.211 e. The van der Waals surface area contributed by atoms with Gasteiger partial charge in [0.2, 0.25) is 5.96 Å². The van der Waals surface area contributed by atoms with Gasteiger partial charge >= 0.3 is 0 Å². The Kier molecular flexibility index (Phi) is 3.64. The van der Waals surface area contributed by atoms with Crippen LogP contribution in [0.1, 0.15) is 18.7 Å². The van der Waals surface area contributed by atoms with E-state index in [0.717, 1.165) is 10.6 Å². The SMILES string of the molecule is CC(C)C(=NN=C(N)N)c1cccs1. The van der Waals surface area contributed by atoms with Crippen LogP contribution in [0.2, 0.25) is 0 Å². The molecule has 14 heavy (non-hydrogen) atoms. The molecule has 0 aromatic carbocycles. The molecule has 1 aromatic heterocycles. The van der Waals surface area contributed by atoms with E-state index in [1.54, 1.807) is 11.3 Å². The van der Waals surface area contributed by atoms with Gasteiger partial charge in [0.05, 0.1) is 10.6 Å². The molecule has 0 saturated heterocycles. The first-order valence-electron chi connectivity index (χ1n) is 4.31. The summed E-state index contributed by atoms with van der Waals surface area (Å²) in [6.07, 6.45) is 0. The minimum atomic E-state index is -0.0142. The van der Waals surface area contributed by atoms with E-state index in [4.69, 9.17) is 11.5 Å². The fourth-order valence-corrected chi connectivity index (χ4v) is 1.84. The number of hydrogen-bond acceptors (Lipinski definition) is 3. The van der Waals surface area contributed by atoms with Gasteiger partial charge in [-0.1, -0.05) is 19.9 Å². The molecule has 5 heteroatoms. The van der Waals surface area contributed by atoms with E-state index in [0.29, 0.717) is 5.92 Å². The summed E-state index contributed by atoms with van der Waals surface area (Å²) in [4.78, 5) is 1.10. The molecule has 0 amide bonds. The Morgan fingerprint density at radius 3 is 2.50 bits per heavy atom. The van der Waals surface area contributed by atoms with Gasteiger partial charge in [0, 0.05) is 0 Å². The molecule has 0 spiro atoms. The Balaban J connectivity index is 2.97. The Bertz CT molecular complexity index is 334. The second-order valence-electron chi connectivity index (χ2n) is 3.14. The van der Waals surface area contributed by atoms with Crippen molar-refractivity contribution in [2.45, 2.75) is 13.8 Å². The predicted molar refractivity (Wildman–Crippen MR) is 61.5 cm³/mol. The number of nitrogens with two attached hydrogens (primary N) is 2. The maximum absolute atomic E-state index is 5.22. The Morgan fingerprint density at radius 2 is 2.07 bits per heavy atom. The topological polar surface area (TPSA) is 76.8 Å². The summed E-state index contributed by atoms with van der Waals surface area (Å²) < 4.78 is 0. The molecule has 1 rings (SSSR count). The molecule has 1 aromatic rings. The molecule has 0 atom stereocenters. The first-order valence-corrected chi connectivity index (χ1v) is 5.19. The monoisotopic (exact) mass is 210 g/mol. The van der Waals surface area contributed by atoms with Crippen LogP contribution in [0.3, 0.4) is 0 Å². The number of nitrogens with zero attached hydrogens (tertiary/aromatic N) is 2. The lowest BCUT2D eigenvalue weighted by Gasteiger charge is -2.05. The van der Waals surface area contributed by atoms with E-state index >= 15 is 0 Å². The van der Waals surface area contributed by atoms with E-state index in [2.05, 4.69) is 24.1 Å². The zero-order valence-electron chi connectivity index (χ0n) is 8.27. The summed E-state index contributed by atoms with van der Waals surface area (Å²) in [6.45, 7) is 4.11. The molecule has 0 aliphatic rings. The number of guanidine groups is 1. The van der Waals surface area contributed by atoms with Crippen molar-refractivity contribution in [3.63, 3.8) is 0 Å². The predicted octanol–water partition coefficient (Wildman–Crippen LogP) is 1.38. The van der Waals surface area contributed by atoms with Crippen molar-refractivity contribution in [1.82, 2.24) is 0 Å². The average Bonchev–Trinajstić information content (AvgIpc) is 2.56. The lowest BCUT2D eigenvalue weighted by molar-refractivity contribution is 0.878. The molecule has 0 unspecified atom stereocenters. The van der Waals surface area contributed by atoms with Crippen molar-refractivity contribution in [2.24, 2.45) is 27.6 Å².